The first-order valence-electron chi connectivity index (χ1n) is 11.7. The summed E-state index contributed by atoms with van der Waals surface area (Å²) >= 11 is 0. The lowest BCUT2D eigenvalue weighted by Gasteiger charge is -2.21. The van der Waals surface area contributed by atoms with Gasteiger partial charge in [-0.2, -0.15) is 0 Å². The van der Waals surface area contributed by atoms with Crippen LogP contribution >= 0.6 is 0 Å². The topological polar surface area (TPSA) is 110 Å². The van der Waals surface area contributed by atoms with Crippen LogP contribution in [0.5, 0.6) is 17.2 Å². The van der Waals surface area contributed by atoms with Crippen molar-refractivity contribution in [3.63, 3.8) is 0 Å². The van der Waals surface area contributed by atoms with E-state index in [1.54, 1.807) is 12.1 Å². The summed E-state index contributed by atoms with van der Waals surface area (Å²) in [5.74, 6) is -1.16. The third-order valence-corrected chi connectivity index (χ3v) is 6.36. The predicted octanol–water partition coefficient (Wildman–Crippen LogP) is 4.55. The number of benzene rings is 3. The number of carbonyl (C=O) groups excluding carboxylic acids is 2. The van der Waals surface area contributed by atoms with Gasteiger partial charge in [-0.3, -0.25) is 9.59 Å². The van der Waals surface area contributed by atoms with Crippen molar-refractivity contribution in [3.05, 3.63) is 71.8 Å². The summed E-state index contributed by atoms with van der Waals surface area (Å²) < 4.78 is 44.5. The third kappa shape index (κ3) is 4.82. The molecule has 0 unspecified atom stereocenters. The van der Waals surface area contributed by atoms with E-state index in [0.717, 1.165) is 6.07 Å². The van der Waals surface area contributed by atoms with Crippen molar-refractivity contribution in [2.45, 2.75) is 12.8 Å². The van der Waals surface area contributed by atoms with Gasteiger partial charge in [0.25, 0.3) is 0 Å². The molecule has 9 nitrogen and oxygen atoms in total. The van der Waals surface area contributed by atoms with Crippen LogP contribution in [0.1, 0.15) is 18.4 Å². The number of nitrogens with zero attached hydrogens (tertiary/aromatic N) is 1. The molecule has 3 N–H and O–H groups in total. The number of methoxy groups -OCH3 is 2. The van der Waals surface area contributed by atoms with Crippen LogP contribution in [0.15, 0.2) is 59.6 Å². The van der Waals surface area contributed by atoms with Gasteiger partial charge in [-0.1, -0.05) is 0 Å². The number of amides is 2. The molecule has 5 rings (SSSR count). The van der Waals surface area contributed by atoms with E-state index in [4.69, 9.17) is 14.2 Å². The quantitative estimate of drug-likeness (QED) is 0.393. The summed E-state index contributed by atoms with van der Waals surface area (Å²) in [6.45, 7) is 0.218. The number of rotatable bonds is 7. The summed E-state index contributed by atoms with van der Waals surface area (Å²) in [4.78, 5) is 30.0. The summed E-state index contributed by atoms with van der Waals surface area (Å²) in [6, 6.07) is 12.6. The van der Waals surface area contributed by atoms with Gasteiger partial charge in [0.2, 0.25) is 17.7 Å². The van der Waals surface area contributed by atoms with Crippen molar-refractivity contribution in [2.24, 2.45) is 10.4 Å². The van der Waals surface area contributed by atoms with E-state index in [0.29, 0.717) is 41.3 Å². The van der Waals surface area contributed by atoms with Crippen LogP contribution in [0.2, 0.25) is 0 Å². The standard InChI is InChI=1S/C27H24F2N4O5/c1-36-22-12-18-20(13-23(22)37-2)30-14-31-24(18)38-21-8-7-17(11-19(21)29)33-26(35)27(9-10-27)25(34)32-16-5-3-15(28)4-6-16/h3-8,11-13,30H,9-10,14H2,1-2H3,(H,32,34)(H,33,35). The molecule has 2 aliphatic rings. The van der Waals surface area contributed by atoms with E-state index < -0.39 is 28.9 Å². The Kier molecular flexibility index (Phi) is 6.58. The van der Waals surface area contributed by atoms with E-state index in [9.17, 15) is 18.4 Å². The lowest BCUT2D eigenvalue weighted by molar-refractivity contribution is -0.131. The fourth-order valence-corrected chi connectivity index (χ4v) is 4.05. The molecule has 0 spiro atoms. The number of ether oxygens (including phenoxy) is 3. The molecule has 2 amide bonds. The summed E-state index contributed by atoms with van der Waals surface area (Å²) in [5.41, 5.74) is 0.522. The van der Waals surface area contributed by atoms with Gasteiger partial charge in [-0.25, -0.2) is 13.8 Å². The number of anilines is 3. The van der Waals surface area contributed by atoms with Gasteiger partial charge in [-0.15, -0.1) is 0 Å². The van der Waals surface area contributed by atoms with Crippen LogP contribution in [0.25, 0.3) is 0 Å². The summed E-state index contributed by atoms with van der Waals surface area (Å²) in [6.07, 6.45) is 0.689. The first kappa shape index (κ1) is 25.0. The maximum absolute atomic E-state index is 15.0. The van der Waals surface area contributed by atoms with Crippen LogP contribution in [0, 0.1) is 17.0 Å². The molecular formula is C27H24F2N4O5. The first-order valence-corrected chi connectivity index (χ1v) is 11.7. The predicted molar refractivity (Wildman–Crippen MR) is 137 cm³/mol. The van der Waals surface area contributed by atoms with Gasteiger partial charge >= 0.3 is 0 Å². The van der Waals surface area contributed by atoms with Crippen molar-refractivity contribution >= 4 is 34.8 Å². The average Bonchev–Trinajstić information content (AvgIpc) is 3.73. The Labute approximate surface area is 216 Å². The van der Waals surface area contributed by atoms with Gasteiger partial charge in [0.05, 0.1) is 25.5 Å². The molecule has 196 valence electrons. The van der Waals surface area contributed by atoms with Crippen LogP contribution in [-0.4, -0.2) is 38.6 Å². The second-order valence-corrected chi connectivity index (χ2v) is 8.80. The molecule has 38 heavy (non-hydrogen) atoms. The monoisotopic (exact) mass is 522 g/mol. The lowest BCUT2D eigenvalue weighted by atomic mass is 10.0. The molecule has 0 atom stereocenters. The van der Waals surface area contributed by atoms with E-state index in [1.165, 1.54) is 50.6 Å². The SMILES string of the molecule is COc1cc2c(cc1OC)C(Oc1ccc(NC(=O)C3(C(=O)Nc4ccc(F)cc4)CC3)cc1F)=NCN2. The zero-order valence-electron chi connectivity index (χ0n) is 20.6. The van der Waals surface area contributed by atoms with Crippen molar-refractivity contribution in [1.29, 1.82) is 0 Å². The number of hydrogen-bond acceptors (Lipinski definition) is 7. The van der Waals surface area contributed by atoms with E-state index in [1.807, 2.05) is 0 Å². The summed E-state index contributed by atoms with van der Waals surface area (Å²) in [7, 11) is 3.03. The molecule has 0 saturated heterocycles. The van der Waals surface area contributed by atoms with E-state index in [-0.39, 0.29) is 24.0 Å². The lowest BCUT2D eigenvalue weighted by Crippen LogP contribution is -2.35. The van der Waals surface area contributed by atoms with Gasteiger partial charge in [0, 0.05) is 23.5 Å². The van der Waals surface area contributed by atoms with Crippen molar-refractivity contribution in [2.75, 3.05) is 36.8 Å². The normalized spacial score (nSPS) is 14.8. The number of nitrogens with one attached hydrogen (secondary N) is 3. The molecule has 0 radical (unpaired) electrons. The second kappa shape index (κ2) is 10.0. The average molecular weight is 523 g/mol. The van der Waals surface area contributed by atoms with Crippen molar-refractivity contribution in [1.82, 2.24) is 0 Å². The van der Waals surface area contributed by atoms with Crippen LogP contribution in [-0.2, 0) is 9.59 Å². The number of carbonyl (C=O) groups is 2. The van der Waals surface area contributed by atoms with Gasteiger partial charge in [0.15, 0.2) is 23.1 Å². The van der Waals surface area contributed by atoms with E-state index in [2.05, 4.69) is 20.9 Å². The Hall–Kier alpha value is -4.67. The Morgan fingerprint density at radius 1 is 0.868 bits per heavy atom. The van der Waals surface area contributed by atoms with Crippen molar-refractivity contribution < 1.29 is 32.6 Å². The molecule has 1 aliphatic heterocycles. The zero-order valence-corrected chi connectivity index (χ0v) is 20.6. The van der Waals surface area contributed by atoms with Gasteiger partial charge in [-0.05, 0) is 55.3 Å². The minimum absolute atomic E-state index is 0.0976. The minimum atomic E-state index is -1.27. The highest BCUT2D eigenvalue weighted by Crippen LogP contribution is 2.47. The van der Waals surface area contributed by atoms with Crippen LogP contribution in [0.4, 0.5) is 25.8 Å². The van der Waals surface area contributed by atoms with Crippen molar-refractivity contribution in [3.8, 4) is 17.2 Å². The molecule has 11 heteroatoms. The fraction of sp³-hybridized carbons (Fsp3) is 0.222. The zero-order chi connectivity index (χ0) is 26.9. The maximum atomic E-state index is 15.0. The Balaban J connectivity index is 1.28. The highest BCUT2D eigenvalue weighted by Gasteiger charge is 2.56. The highest BCUT2D eigenvalue weighted by molar-refractivity contribution is 6.17. The minimum Gasteiger partial charge on any atom is -0.493 e. The molecule has 3 aromatic rings. The Morgan fingerprint density at radius 3 is 2.13 bits per heavy atom. The second-order valence-electron chi connectivity index (χ2n) is 8.80. The smallest absolute Gasteiger partial charge is 0.240 e. The molecule has 1 aliphatic carbocycles. The molecule has 3 aromatic carbocycles. The fourth-order valence-electron chi connectivity index (χ4n) is 4.05. The highest BCUT2D eigenvalue weighted by atomic mass is 19.1. The number of fused-ring (bicyclic) bond motifs is 1. The molecule has 0 aromatic heterocycles. The first-order chi connectivity index (χ1) is 18.3. The number of aliphatic imine (C=N–C) groups is 1. The molecule has 1 saturated carbocycles. The third-order valence-electron chi connectivity index (χ3n) is 6.36. The summed E-state index contributed by atoms with van der Waals surface area (Å²) in [5, 5.41) is 8.34. The molecular weight excluding hydrogens is 498 g/mol. The van der Waals surface area contributed by atoms with E-state index >= 15 is 0 Å². The van der Waals surface area contributed by atoms with Gasteiger partial charge in [0.1, 0.15) is 17.9 Å². The Morgan fingerprint density at radius 2 is 1.50 bits per heavy atom. The maximum Gasteiger partial charge on any atom is 0.240 e. The largest absolute Gasteiger partial charge is 0.493 e. The molecule has 1 fully saturated rings. The van der Waals surface area contributed by atoms with Crippen LogP contribution < -0.4 is 30.2 Å². The number of hydrogen-bond donors (Lipinski definition) is 3. The van der Waals surface area contributed by atoms with Gasteiger partial charge < -0.3 is 30.2 Å². The Bertz CT molecular complexity index is 1440. The number of halogens is 2. The molecule has 0 bridgehead atoms. The van der Waals surface area contributed by atoms with Crippen LogP contribution in [0.3, 0.4) is 0 Å². The molecule has 1 heterocycles.